The molecule has 0 aliphatic rings. The Morgan fingerprint density at radius 3 is 2.43 bits per heavy atom. The number of anilines is 1. The molecule has 1 atom stereocenters. The molecule has 0 amide bonds. The number of rotatable bonds is 4. The molecule has 2 N–H and O–H groups in total. The molecule has 0 unspecified atom stereocenters. The quantitative estimate of drug-likeness (QED) is 0.571. The summed E-state index contributed by atoms with van der Waals surface area (Å²) in [5.41, 5.74) is 10.7. The number of aromatic nitrogens is 4. The van der Waals surface area contributed by atoms with Crippen molar-refractivity contribution < 1.29 is 4.74 Å². The molecule has 140 valence electrons. The second kappa shape index (κ2) is 7.23. The maximum absolute atomic E-state index is 6.02. The highest BCUT2D eigenvalue weighted by Gasteiger charge is 2.18. The highest BCUT2D eigenvalue weighted by Crippen LogP contribution is 2.32. The molecular weight excluding hydrogens is 350 g/mol. The molecule has 2 heterocycles. The predicted molar refractivity (Wildman–Crippen MR) is 110 cm³/mol. The maximum Gasteiger partial charge on any atom is 0.322 e. The van der Waals surface area contributed by atoms with Gasteiger partial charge in [-0.1, -0.05) is 48.5 Å². The fourth-order valence-corrected chi connectivity index (χ4v) is 3.25. The first-order valence-electron chi connectivity index (χ1n) is 9.12. The summed E-state index contributed by atoms with van der Waals surface area (Å²) in [6.07, 6.45) is -0.325. The Hall–Kier alpha value is -3.54. The molecule has 0 radical (unpaired) electrons. The lowest BCUT2D eigenvalue weighted by Gasteiger charge is -2.18. The summed E-state index contributed by atoms with van der Waals surface area (Å²) in [4.78, 5) is 17.3. The fourth-order valence-electron chi connectivity index (χ4n) is 3.25. The number of benzene rings is 2. The van der Waals surface area contributed by atoms with E-state index in [0.717, 1.165) is 33.3 Å². The summed E-state index contributed by atoms with van der Waals surface area (Å²) in [5, 5.41) is 1.07. The number of ether oxygens (including phenoxy) is 1. The summed E-state index contributed by atoms with van der Waals surface area (Å²) < 4.78 is 6.02. The van der Waals surface area contributed by atoms with Crippen molar-refractivity contribution >= 4 is 16.9 Å². The van der Waals surface area contributed by atoms with Gasteiger partial charge in [-0.3, -0.25) is 0 Å². The highest BCUT2D eigenvalue weighted by molar-refractivity contribution is 5.86. The first kappa shape index (κ1) is 17.9. The van der Waals surface area contributed by atoms with Gasteiger partial charge in [-0.2, -0.15) is 15.0 Å². The van der Waals surface area contributed by atoms with E-state index in [-0.39, 0.29) is 18.1 Å². The van der Waals surface area contributed by atoms with Crippen molar-refractivity contribution in [3.63, 3.8) is 0 Å². The number of hydrogen-bond donors (Lipinski definition) is 1. The third kappa shape index (κ3) is 3.49. The Labute approximate surface area is 163 Å². The van der Waals surface area contributed by atoms with Crippen LogP contribution in [0.5, 0.6) is 6.01 Å². The zero-order valence-electron chi connectivity index (χ0n) is 16.0. The number of pyridine rings is 1. The Balaban J connectivity index is 1.84. The molecule has 2 aromatic carbocycles. The molecule has 6 heteroatoms. The average Bonchev–Trinajstić information content (AvgIpc) is 2.67. The third-order valence-corrected chi connectivity index (χ3v) is 4.59. The van der Waals surface area contributed by atoms with E-state index >= 15 is 0 Å². The molecule has 6 nitrogen and oxygen atoms in total. The van der Waals surface area contributed by atoms with Crippen LogP contribution in [0.25, 0.3) is 22.2 Å². The Morgan fingerprint density at radius 1 is 0.893 bits per heavy atom. The molecule has 0 saturated carbocycles. The van der Waals surface area contributed by atoms with Gasteiger partial charge in [0.05, 0.1) is 11.2 Å². The van der Waals surface area contributed by atoms with Crippen LogP contribution >= 0.6 is 0 Å². The number of aryl methyl sites for hydroxylation is 2. The van der Waals surface area contributed by atoms with Crippen molar-refractivity contribution in [2.45, 2.75) is 26.9 Å². The van der Waals surface area contributed by atoms with Crippen LogP contribution in [0.4, 0.5) is 5.95 Å². The minimum Gasteiger partial charge on any atom is -0.455 e. The van der Waals surface area contributed by atoms with E-state index in [4.69, 9.17) is 15.5 Å². The van der Waals surface area contributed by atoms with E-state index < -0.39 is 0 Å². The van der Waals surface area contributed by atoms with Gasteiger partial charge in [0.15, 0.2) is 0 Å². The number of fused-ring (bicyclic) bond motifs is 1. The van der Waals surface area contributed by atoms with Crippen LogP contribution in [0.15, 0.2) is 54.6 Å². The predicted octanol–water partition coefficient (Wildman–Crippen LogP) is 4.43. The van der Waals surface area contributed by atoms with E-state index in [1.165, 1.54) is 0 Å². The molecule has 2 aromatic heterocycles. The van der Waals surface area contributed by atoms with Crippen LogP contribution in [0.3, 0.4) is 0 Å². The number of nitrogens with two attached hydrogens (primary N) is 1. The molecular formula is C22H21N5O. The lowest BCUT2D eigenvalue weighted by molar-refractivity contribution is 0.207. The van der Waals surface area contributed by atoms with Gasteiger partial charge in [-0.15, -0.1) is 0 Å². The number of nitrogens with zero attached hydrogens (tertiary/aromatic N) is 4. The van der Waals surface area contributed by atoms with E-state index in [9.17, 15) is 0 Å². The van der Waals surface area contributed by atoms with Gasteiger partial charge < -0.3 is 10.5 Å². The van der Waals surface area contributed by atoms with Gasteiger partial charge in [-0.25, -0.2) is 4.98 Å². The number of para-hydroxylation sites is 1. The van der Waals surface area contributed by atoms with Crippen molar-refractivity contribution in [1.29, 1.82) is 0 Å². The molecule has 4 rings (SSSR count). The monoisotopic (exact) mass is 371 g/mol. The molecule has 0 bridgehead atoms. The topological polar surface area (TPSA) is 86.8 Å². The van der Waals surface area contributed by atoms with Gasteiger partial charge >= 0.3 is 6.01 Å². The van der Waals surface area contributed by atoms with Gasteiger partial charge in [0.1, 0.15) is 11.9 Å². The highest BCUT2D eigenvalue weighted by atomic mass is 16.5. The van der Waals surface area contributed by atoms with Gasteiger partial charge in [0.25, 0.3) is 0 Å². The van der Waals surface area contributed by atoms with Gasteiger partial charge in [-0.05, 0) is 32.4 Å². The standard InChI is InChI=1S/C22H21N5O/c1-13-8-7-11-17-12-18(14(2)28-22-25-15(3)24-21(23)27-22)20(26-19(13)17)16-9-5-4-6-10-16/h4-12,14H,1-3H3,(H2,23,24,25,27)/t14-/m0/s1. The summed E-state index contributed by atoms with van der Waals surface area (Å²) in [5.74, 6) is 0.662. The fraction of sp³-hybridized carbons (Fsp3) is 0.182. The van der Waals surface area contributed by atoms with Crippen LogP contribution in [-0.2, 0) is 0 Å². The SMILES string of the molecule is Cc1nc(N)nc(O[C@@H](C)c2cc3cccc(C)c3nc2-c2ccccc2)n1. The molecule has 0 aliphatic carbocycles. The van der Waals surface area contributed by atoms with Crippen LogP contribution in [-0.4, -0.2) is 19.9 Å². The van der Waals surface area contributed by atoms with Crippen molar-refractivity contribution in [3.8, 4) is 17.3 Å². The first-order chi connectivity index (χ1) is 13.5. The van der Waals surface area contributed by atoms with E-state index in [0.29, 0.717) is 5.82 Å². The summed E-state index contributed by atoms with van der Waals surface area (Å²) in [7, 11) is 0. The zero-order valence-corrected chi connectivity index (χ0v) is 16.0. The average molecular weight is 371 g/mol. The molecule has 0 saturated heterocycles. The zero-order chi connectivity index (χ0) is 19.7. The first-order valence-corrected chi connectivity index (χ1v) is 9.12. The summed E-state index contributed by atoms with van der Waals surface area (Å²) >= 11 is 0. The van der Waals surface area contributed by atoms with Crippen molar-refractivity contribution in [1.82, 2.24) is 19.9 Å². The molecule has 4 aromatic rings. The minimum absolute atomic E-state index is 0.144. The normalized spacial score (nSPS) is 12.1. The van der Waals surface area contributed by atoms with Crippen LogP contribution in [0, 0.1) is 13.8 Å². The van der Waals surface area contributed by atoms with Crippen molar-refractivity contribution in [2.24, 2.45) is 0 Å². The second-order valence-electron chi connectivity index (χ2n) is 6.72. The Kier molecular flexibility index (Phi) is 4.61. The van der Waals surface area contributed by atoms with Crippen LogP contribution in [0.2, 0.25) is 0 Å². The van der Waals surface area contributed by atoms with E-state index in [2.05, 4.69) is 40.1 Å². The maximum atomic E-state index is 6.02. The number of nitrogen functional groups attached to an aromatic ring is 1. The van der Waals surface area contributed by atoms with E-state index in [1.54, 1.807) is 6.92 Å². The lowest BCUT2D eigenvalue weighted by Crippen LogP contribution is -2.11. The van der Waals surface area contributed by atoms with Crippen LogP contribution in [0.1, 0.15) is 30.0 Å². The van der Waals surface area contributed by atoms with Crippen molar-refractivity contribution in [2.75, 3.05) is 5.73 Å². The Morgan fingerprint density at radius 2 is 1.68 bits per heavy atom. The van der Waals surface area contributed by atoms with Gasteiger partial charge in [0, 0.05) is 16.5 Å². The Bertz CT molecular complexity index is 1120. The summed E-state index contributed by atoms with van der Waals surface area (Å²) in [6, 6.07) is 18.6. The van der Waals surface area contributed by atoms with E-state index in [1.807, 2.05) is 43.3 Å². The largest absolute Gasteiger partial charge is 0.455 e. The summed E-state index contributed by atoms with van der Waals surface area (Å²) in [6.45, 7) is 5.78. The minimum atomic E-state index is -0.325. The van der Waals surface area contributed by atoms with Crippen molar-refractivity contribution in [3.05, 3.63) is 71.5 Å². The second-order valence-corrected chi connectivity index (χ2v) is 6.72. The third-order valence-electron chi connectivity index (χ3n) is 4.59. The van der Waals surface area contributed by atoms with Gasteiger partial charge in [0.2, 0.25) is 5.95 Å². The molecule has 28 heavy (non-hydrogen) atoms. The number of hydrogen-bond acceptors (Lipinski definition) is 6. The van der Waals surface area contributed by atoms with Crippen LogP contribution < -0.4 is 10.5 Å². The smallest absolute Gasteiger partial charge is 0.322 e. The molecule has 0 fully saturated rings. The molecule has 0 spiro atoms. The lowest BCUT2D eigenvalue weighted by atomic mass is 9.99. The molecule has 0 aliphatic heterocycles.